The minimum Gasteiger partial charge on any atom is -0.383 e. The molecule has 0 bridgehead atoms. The number of benzodiazepines with no additional fused rings is 1. The van der Waals surface area contributed by atoms with Crippen molar-refractivity contribution < 1.29 is 13.2 Å². The van der Waals surface area contributed by atoms with Crippen LogP contribution in [0.2, 0.25) is 10.0 Å². The summed E-state index contributed by atoms with van der Waals surface area (Å²) in [6, 6.07) is 8.74. The highest BCUT2D eigenvalue weighted by molar-refractivity contribution is 6.42. The molecule has 2 aromatic carbocycles. The van der Waals surface area contributed by atoms with Crippen LogP contribution in [-0.4, -0.2) is 18.8 Å². The lowest BCUT2D eigenvalue weighted by Crippen LogP contribution is -2.09. The van der Waals surface area contributed by atoms with E-state index >= 15 is 0 Å². The molecule has 1 heterocycles. The largest absolute Gasteiger partial charge is 0.416 e. The second kappa shape index (κ2) is 8.33. The molecule has 1 aliphatic rings. The molecule has 0 spiro atoms. The fourth-order valence-corrected chi connectivity index (χ4v) is 2.78. The molecule has 138 valence electrons. The first-order valence-electron chi connectivity index (χ1n) is 7.48. The van der Waals surface area contributed by atoms with Crippen LogP contribution in [0.15, 0.2) is 47.5 Å². The Labute approximate surface area is 165 Å². The maximum atomic E-state index is 13.0. The lowest BCUT2D eigenvalue weighted by atomic mass is 10.0. The van der Waals surface area contributed by atoms with Crippen LogP contribution in [0.4, 0.5) is 18.9 Å². The van der Waals surface area contributed by atoms with Crippen molar-refractivity contribution in [3.05, 3.63) is 69.2 Å². The van der Waals surface area contributed by atoms with Gasteiger partial charge in [-0.05, 0) is 42.0 Å². The average molecular weight is 422 g/mol. The number of halogens is 6. The van der Waals surface area contributed by atoms with E-state index in [0.29, 0.717) is 40.1 Å². The monoisotopic (exact) mass is 420 g/mol. The van der Waals surface area contributed by atoms with Gasteiger partial charge < -0.3 is 5.32 Å². The van der Waals surface area contributed by atoms with E-state index in [0.717, 1.165) is 17.7 Å². The minimum absolute atomic E-state index is 0. The summed E-state index contributed by atoms with van der Waals surface area (Å²) in [6.45, 7) is 1.03. The number of nitrogens with zero attached hydrogens (tertiary/aromatic N) is 1. The third-order valence-electron chi connectivity index (χ3n) is 3.71. The van der Waals surface area contributed by atoms with E-state index in [-0.39, 0.29) is 12.4 Å². The van der Waals surface area contributed by atoms with Gasteiger partial charge in [0, 0.05) is 17.8 Å². The molecule has 3 rings (SSSR count). The molecule has 8 heteroatoms. The molecule has 0 saturated carbocycles. The quantitative estimate of drug-likeness (QED) is 0.599. The molecule has 0 atom stereocenters. The molecule has 0 unspecified atom stereocenters. The van der Waals surface area contributed by atoms with Gasteiger partial charge in [-0.25, -0.2) is 0 Å². The molecule has 2 nitrogen and oxygen atoms in total. The number of hydrogen-bond donors (Lipinski definition) is 1. The number of nitrogens with one attached hydrogen (secondary N) is 1. The molecule has 0 aromatic heterocycles. The SMILES string of the molecule is Cl.FC(F)(F)c1ccc2c(c1)C(/C=C/c1ccc(Cl)c(Cl)c1)=NCCN2. The highest BCUT2D eigenvalue weighted by Gasteiger charge is 2.31. The number of anilines is 1. The summed E-state index contributed by atoms with van der Waals surface area (Å²) in [7, 11) is 0. The highest BCUT2D eigenvalue weighted by atomic mass is 35.5. The number of aliphatic imine (C=N–C) groups is 1. The smallest absolute Gasteiger partial charge is 0.383 e. The summed E-state index contributed by atoms with van der Waals surface area (Å²) >= 11 is 11.9. The normalized spacial score (nSPS) is 14.1. The predicted molar refractivity (Wildman–Crippen MR) is 104 cm³/mol. The van der Waals surface area contributed by atoms with Crippen molar-refractivity contribution in [3.63, 3.8) is 0 Å². The van der Waals surface area contributed by atoms with Crippen LogP contribution >= 0.6 is 35.6 Å². The first kappa shape index (κ1) is 20.6. The van der Waals surface area contributed by atoms with Crippen molar-refractivity contribution in [3.8, 4) is 0 Å². The average Bonchev–Trinajstić information content (AvgIpc) is 2.77. The summed E-state index contributed by atoms with van der Waals surface area (Å²) in [6.07, 6.45) is -0.970. The summed E-state index contributed by atoms with van der Waals surface area (Å²) in [5.41, 5.74) is 1.61. The molecule has 0 aliphatic carbocycles. The Morgan fingerprint density at radius 1 is 1.00 bits per heavy atom. The lowest BCUT2D eigenvalue weighted by Gasteiger charge is -2.12. The zero-order chi connectivity index (χ0) is 18.0. The Kier molecular flexibility index (Phi) is 6.61. The highest BCUT2D eigenvalue weighted by Crippen LogP contribution is 2.33. The van der Waals surface area contributed by atoms with Gasteiger partial charge in [-0.2, -0.15) is 13.2 Å². The Morgan fingerprint density at radius 2 is 1.77 bits per heavy atom. The molecule has 1 aliphatic heterocycles. The number of hydrogen-bond acceptors (Lipinski definition) is 2. The fourth-order valence-electron chi connectivity index (χ4n) is 2.47. The van der Waals surface area contributed by atoms with E-state index in [2.05, 4.69) is 10.3 Å². The Morgan fingerprint density at radius 3 is 2.46 bits per heavy atom. The fraction of sp³-hybridized carbons (Fsp3) is 0.167. The third-order valence-corrected chi connectivity index (χ3v) is 4.45. The molecule has 0 fully saturated rings. The second-order valence-corrected chi connectivity index (χ2v) is 6.27. The van der Waals surface area contributed by atoms with Crippen molar-refractivity contribution in [2.45, 2.75) is 6.18 Å². The van der Waals surface area contributed by atoms with E-state index in [9.17, 15) is 13.2 Å². The van der Waals surface area contributed by atoms with Gasteiger partial charge in [0.2, 0.25) is 0 Å². The van der Waals surface area contributed by atoms with Crippen molar-refractivity contribution >= 4 is 53.1 Å². The minimum atomic E-state index is -4.40. The standard InChI is InChI=1S/C18H13Cl2F3N2.ClH/c19-14-4-1-11(9-15(14)20)2-5-16-13-10-12(18(21,22)23)3-6-17(13)25-8-7-24-16;/h1-6,9-10,25H,7-8H2;1H/b5-2+;. The maximum Gasteiger partial charge on any atom is 0.416 e. The first-order valence-corrected chi connectivity index (χ1v) is 8.23. The van der Waals surface area contributed by atoms with Crippen LogP contribution in [0, 0.1) is 0 Å². The third kappa shape index (κ3) is 4.72. The Bertz CT molecular complexity index is 861. The molecular weight excluding hydrogens is 408 g/mol. The summed E-state index contributed by atoms with van der Waals surface area (Å²) in [4.78, 5) is 4.38. The van der Waals surface area contributed by atoms with Crippen LogP contribution in [0.1, 0.15) is 16.7 Å². The van der Waals surface area contributed by atoms with Gasteiger partial charge in [0.1, 0.15) is 0 Å². The van der Waals surface area contributed by atoms with Crippen molar-refractivity contribution in [2.24, 2.45) is 4.99 Å². The van der Waals surface area contributed by atoms with Crippen molar-refractivity contribution in [2.75, 3.05) is 18.4 Å². The zero-order valence-electron chi connectivity index (χ0n) is 13.3. The lowest BCUT2D eigenvalue weighted by molar-refractivity contribution is -0.137. The van der Waals surface area contributed by atoms with Crippen LogP contribution < -0.4 is 5.32 Å². The molecule has 1 N–H and O–H groups in total. The van der Waals surface area contributed by atoms with E-state index in [4.69, 9.17) is 23.2 Å². The van der Waals surface area contributed by atoms with E-state index < -0.39 is 11.7 Å². The molecule has 0 saturated heterocycles. The van der Waals surface area contributed by atoms with Gasteiger partial charge in [0.05, 0.1) is 27.9 Å². The van der Waals surface area contributed by atoms with Gasteiger partial charge in [0.25, 0.3) is 0 Å². The molecule has 0 radical (unpaired) electrons. The van der Waals surface area contributed by atoms with Gasteiger partial charge >= 0.3 is 6.18 Å². The van der Waals surface area contributed by atoms with E-state index in [1.54, 1.807) is 30.4 Å². The number of alkyl halides is 3. The molecule has 2 aromatic rings. The van der Waals surface area contributed by atoms with Crippen molar-refractivity contribution in [1.29, 1.82) is 0 Å². The second-order valence-electron chi connectivity index (χ2n) is 5.46. The van der Waals surface area contributed by atoms with Crippen LogP contribution in [0.3, 0.4) is 0 Å². The van der Waals surface area contributed by atoms with Gasteiger partial charge in [-0.15, -0.1) is 12.4 Å². The Balaban J connectivity index is 0.00000243. The summed E-state index contributed by atoms with van der Waals surface area (Å²) in [5.74, 6) is 0. The van der Waals surface area contributed by atoms with Gasteiger partial charge in [-0.3, -0.25) is 4.99 Å². The molecular formula is C18H14Cl3F3N2. The van der Waals surface area contributed by atoms with Crippen molar-refractivity contribution in [1.82, 2.24) is 0 Å². The van der Waals surface area contributed by atoms with E-state index in [1.165, 1.54) is 6.07 Å². The topological polar surface area (TPSA) is 24.4 Å². The van der Waals surface area contributed by atoms with Gasteiger partial charge in [-0.1, -0.05) is 35.3 Å². The first-order chi connectivity index (χ1) is 11.8. The zero-order valence-corrected chi connectivity index (χ0v) is 15.6. The van der Waals surface area contributed by atoms with E-state index in [1.807, 2.05) is 0 Å². The predicted octanol–water partition coefficient (Wildman–Crippen LogP) is 6.36. The number of fused-ring (bicyclic) bond motifs is 1. The number of benzene rings is 2. The molecule has 26 heavy (non-hydrogen) atoms. The summed E-state index contributed by atoms with van der Waals surface area (Å²) in [5, 5.41) is 3.94. The Hall–Kier alpha value is -1.69. The maximum absolute atomic E-state index is 13.0. The van der Waals surface area contributed by atoms with Gasteiger partial charge in [0.15, 0.2) is 0 Å². The van der Waals surface area contributed by atoms with Crippen LogP contribution in [-0.2, 0) is 6.18 Å². The number of rotatable bonds is 2. The molecule has 0 amide bonds. The van der Waals surface area contributed by atoms with Crippen LogP contribution in [0.25, 0.3) is 6.08 Å². The number of allylic oxidation sites excluding steroid dienone is 1. The summed E-state index contributed by atoms with van der Waals surface area (Å²) < 4.78 is 39.0. The van der Waals surface area contributed by atoms with Crippen LogP contribution in [0.5, 0.6) is 0 Å².